The molecule has 3 aromatic rings. The van der Waals surface area contributed by atoms with E-state index in [4.69, 9.17) is 27.2 Å². The number of aromatic nitrogens is 1. The van der Waals surface area contributed by atoms with Crippen LogP contribution in [0.15, 0.2) is 53.3 Å². The number of amides is 2. The van der Waals surface area contributed by atoms with E-state index < -0.39 is 36.0 Å². The van der Waals surface area contributed by atoms with Gasteiger partial charge in [0.15, 0.2) is 6.61 Å². The minimum Gasteiger partial charge on any atom is -0.482 e. The van der Waals surface area contributed by atoms with Crippen LogP contribution in [0.3, 0.4) is 0 Å². The number of para-hydroxylation sites is 1. The minimum atomic E-state index is -1.07. The highest BCUT2D eigenvalue weighted by Crippen LogP contribution is 2.34. The van der Waals surface area contributed by atoms with Gasteiger partial charge in [-0.25, -0.2) is 0 Å². The summed E-state index contributed by atoms with van der Waals surface area (Å²) in [4.78, 5) is 52.0. The number of unbranched alkanes of at least 4 members (excludes halogenated alkanes) is 1. The number of hydrogen-bond donors (Lipinski definition) is 3. The Labute approximate surface area is 224 Å². The molecule has 38 heavy (non-hydrogen) atoms. The number of anilines is 1. The van der Waals surface area contributed by atoms with Gasteiger partial charge in [0, 0.05) is 25.8 Å². The van der Waals surface area contributed by atoms with Gasteiger partial charge in [-0.05, 0) is 50.5 Å². The van der Waals surface area contributed by atoms with Gasteiger partial charge < -0.3 is 30.4 Å². The molecule has 0 saturated carbocycles. The molecule has 1 heterocycles. The van der Waals surface area contributed by atoms with Crippen LogP contribution in [-0.2, 0) is 16.6 Å². The van der Waals surface area contributed by atoms with Crippen molar-refractivity contribution in [3.05, 3.63) is 69.5 Å². The van der Waals surface area contributed by atoms with Crippen LogP contribution >= 0.6 is 11.6 Å². The van der Waals surface area contributed by atoms with Crippen molar-refractivity contribution in [3.8, 4) is 5.75 Å². The molecule has 0 saturated heterocycles. The van der Waals surface area contributed by atoms with Crippen LogP contribution in [0.4, 0.5) is 5.69 Å². The smallest absolute Gasteiger partial charge is 0.320 e. The van der Waals surface area contributed by atoms with Crippen LogP contribution in [0, 0.1) is 0 Å². The predicted molar refractivity (Wildman–Crippen MR) is 146 cm³/mol. The van der Waals surface area contributed by atoms with Crippen molar-refractivity contribution in [2.24, 2.45) is 12.8 Å². The molecule has 202 valence electrons. The average Bonchev–Trinajstić information content (AvgIpc) is 2.90. The summed E-state index contributed by atoms with van der Waals surface area (Å²) in [5, 5.41) is 12.1. The molecule has 1 aromatic heterocycles. The summed E-state index contributed by atoms with van der Waals surface area (Å²) in [6, 6.07) is 13.0. The maximum atomic E-state index is 13.8. The summed E-state index contributed by atoms with van der Waals surface area (Å²) in [5.74, 6) is -2.18. The molecule has 3 rings (SSSR count). The van der Waals surface area contributed by atoms with Crippen LogP contribution in [0.2, 0.25) is 5.02 Å². The molecular weight excluding hydrogens is 512 g/mol. The number of aryl methyl sites for hydroxylation is 1. The van der Waals surface area contributed by atoms with E-state index in [9.17, 15) is 19.2 Å². The maximum Gasteiger partial charge on any atom is 0.320 e. The molecule has 2 amide bonds. The monoisotopic (exact) mass is 542 g/mol. The van der Waals surface area contributed by atoms with Crippen LogP contribution in [0.25, 0.3) is 10.9 Å². The zero-order chi connectivity index (χ0) is 27.8. The number of halogens is 1. The first kappa shape index (κ1) is 28.7. The number of hydrogen-bond acceptors (Lipinski definition) is 6. The molecule has 4 N–H and O–H groups in total. The minimum absolute atomic E-state index is 0.0596. The van der Waals surface area contributed by atoms with Crippen molar-refractivity contribution in [2.45, 2.75) is 32.2 Å². The Morgan fingerprint density at radius 3 is 2.50 bits per heavy atom. The number of aliphatic carboxylic acids is 1. The maximum absolute atomic E-state index is 13.8. The second kappa shape index (κ2) is 13.1. The summed E-state index contributed by atoms with van der Waals surface area (Å²) in [6.07, 6.45) is 1.34. The third kappa shape index (κ3) is 6.51. The first-order chi connectivity index (χ1) is 18.2. The highest BCUT2D eigenvalue weighted by Gasteiger charge is 2.28. The van der Waals surface area contributed by atoms with Crippen LogP contribution < -0.4 is 26.2 Å². The lowest BCUT2D eigenvalue weighted by Gasteiger charge is -2.23. The fraction of sp³-hybridized carbons (Fsp3) is 0.333. The number of rotatable bonds is 12. The first-order valence-corrected chi connectivity index (χ1v) is 12.6. The number of fused-ring (bicyclic) bond motifs is 1. The van der Waals surface area contributed by atoms with E-state index in [-0.39, 0.29) is 29.4 Å². The number of benzene rings is 2. The SMILES string of the molecule is CCN(C(=O)c1c(OCC(=O)NCCCC[C@H](N)C(=O)O)c2c(Cl)cccc2n(C)c1=O)c1ccccc1. The Morgan fingerprint density at radius 1 is 1.13 bits per heavy atom. The summed E-state index contributed by atoms with van der Waals surface area (Å²) < 4.78 is 7.19. The van der Waals surface area contributed by atoms with Crippen molar-refractivity contribution < 1.29 is 24.2 Å². The van der Waals surface area contributed by atoms with E-state index in [1.54, 1.807) is 56.4 Å². The highest BCUT2D eigenvalue weighted by molar-refractivity contribution is 6.36. The van der Waals surface area contributed by atoms with Crippen LogP contribution in [-0.4, -0.2) is 53.2 Å². The number of carboxylic acid groups (broad SMARTS) is 1. The molecule has 0 aliphatic heterocycles. The van der Waals surface area contributed by atoms with E-state index in [1.165, 1.54) is 9.47 Å². The standard InChI is InChI=1S/C27H31ClN4O6/c1-3-32(17-10-5-4-6-11-17)26(35)23-24(22-18(28)12-9-14-20(22)31(2)25(23)34)38-16-21(33)30-15-8-7-13-19(29)27(36)37/h4-6,9-12,14,19H,3,7-8,13,15-16,29H2,1-2H3,(H,30,33)(H,36,37)/t19-/m0/s1. The van der Waals surface area contributed by atoms with E-state index in [1.807, 2.05) is 6.07 Å². The molecule has 0 bridgehead atoms. The summed E-state index contributed by atoms with van der Waals surface area (Å²) >= 11 is 6.50. The molecule has 0 fully saturated rings. The Morgan fingerprint density at radius 2 is 1.84 bits per heavy atom. The van der Waals surface area contributed by atoms with Gasteiger partial charge in [-0.3, -0.25) is 19.2 Å². The van der Waals surface area contributed by atoms with Crippen molar-refractivity contribution >= 4 is 46.0 Å². The molecule has 0 radical (unpaired) electrons. The number of nitrogens with two attached hydrogens (primary N) is 1. The van der Waals surface area contributed by atoms with Gasteiger partial charge in [-0.1, -0.05) is 35.9 Å². The van der Waals surface area contributed by atoms with Crippen molar-refractivity contribution in [1.29, 1.82) is 0 Å². The number of nitrogens with zero attached hydrogens (tertiary/aromatic N) is 2. The Hall–Kier alpha value is -3.89. The van der Waals surface area contributed by atoms with E-state index >= 15 is 0 Å². The highest BCUT2D eigenvalue weighted by atomic mass is 35.5. The van der Waals surface area contributed by atoms with Crippen molar-refractivity contribution in [3.63, 3.8) is 0 Å². The largest absolute Gasteiger partial charge is 0.482 e. The lowest BCUT2D eigenvalue weighted by molar-refractivity contribution is -0.138. The summed E-state index contributed by atoms with van der Waals surface area (Å²) in [5.41, 5.74) is 5.73. The topological polar surface area (TPSA) is 144 Å². The normalized spacial score (nSPS) is 11.7. The third-order valence-corrected chi connectivity index (χ3v) is 6.41. The molecule has 0 spiro atoms. The Bertz CT molecular complexity index is 1380. The van der Waals surface area contributed by atoms with Gasteiger partial charge in [0.25, 0.3) is 17.4 Å². The molecule has 2 aromatic carbocycles. The molecule has 10 nitrogen and oxygen atoms in total. The number of carboxylic acids is 1. The number of ether oxygens (including phenoxy) is 1. The van der Waals surface area contributed by atoms with Gasteiger partial charge in [0.1, 0.15) is 17.4 Å². The number of pyridine rings is 1. The molecule has 11 heteroatoms. The second-order valence-electron chi connectivity index (χ2n) is 8.67. The Balaban J connectivity index is 1.88. The number of carbonyl (C=O) groups is 3. The fourth-order valence-corrected chi connectivity index (χ4v) is 4.32. The number of carbonyl (C=O) groups excluding carboxylic acids is 2. The molecule has 0 unspecified atom stereocenters. The molecular formula is C27H31ClN4O6. The van der Waals surface area contributed by atoms with E-state index in [0.717, 1.165) is 0 Å². The van der Waals surface area contributed by atoms with E-state index in [0.29, 0.717) is 35.9 Å². The molecule has 1 atom stereocenters. The van der Waals surface area contributed by atoms with Gasteiger partial charge in [0.05, 0.1) is 15.9 Å². The van der Waals surface area contributed by atoms with Gasteiger partial charge in [-0.15, -0.1) is 0 Å². The molecule has 0 aliphatic carbocycles. The summed E-state index contributed by atoms with van der Waals surface area (Å²) in [7, 11) is 1.54. The zero-order valence-electron chi connectivity index (χ0n) is 21.3. The first-order valence-electron chi connectivity index (χ1n) is 12.2. The lowest BCUT2D eigenvalue weighted by atomic mass is 10.1. The third-order valence-electron chi connectivity index (χ3n) is 6.10. The summed E-state index contributed by atoms with van der Waals surface area (Å²) in [6.45, 7) is 1.91. The van der Waals surface area contributed by atoms with E-state index in [2.05, 4.69) is 5.32 Å². The average molecular weight is 543 g/mol. The molecule has 0 aliphatic rings. The zero-order valence-corrected chi connectivity index (χ0v) is 22.0. The predicted octanol–water partition coefficient (Wildman–Crippen LogP) is 2.94. The van der Waals surface area contributed by atoms with Crippen molar-refractivity contribution in [1.82, 2.24) is 9.88 Å². The van der Waals surface area contributed by atoms with Crippen LogP contribution in [0.5, 0.6) is 5.75 Å². The number of nitrogens with one attached hydrogen (secondary N) is 1. The fourth-order valence-electron chi connectivity index (χ4n) is 4.06. The Kier molecular flexibility index (Phi) is 9.86. The lowest BCUT2D eigenvalue weighted by Crippen LogP contribution is -2.37. The quantitative estimate of drug-likeness (QED) is 0.298. The second-order valence-corrected chi connectivity index (χ2v) is 9.07. The van der Waals surface area contributed by atoms with Crippen LogP contribution in [0.1, 0.15) is 36.5 Å². The van der Waals surface area contributed by atoms with Gasteiger partial charge >= 0.3 is 5.97 Å². The van der Waals surface area contributed by atoms with Gasteiger partial charge in [0.2, 0.25) is 0 Å². The van der Waals surface area contributed by atoms with Gasteiger partial charge in [-0.2, -0.15) is 0 Å². The van der Waals surface area contributed by atoms with Crippen molar-refractivity contribution in [2.75, 3.05) is 24.6 Å².